The number of allylic oxidation sites excluding steroid dienone is 4. The van der Waals surface area contributed by atoms with Crippen LogP contribution in [-0.4, -0.2) is 24.6 Å². The lowest BCUT2D eigenvalue weighted by Crippen LogP contribution is -2.08. The second-order valence-corrected chi connectivity index (χ2v) is 4.15. The fraction of sp³-hybridized carbons (Fsp3) is 0.133. The minimum absolute atomic E-state index is 0.111. The van der Waals surface area contributed by atoms with Gasteiger partial charge in [0.25, 0.3) is 0 Å². The molecule has 5 nitrogen and oxygen atoms in total. The van der Waals surface area contributed by atoms with Gasteiger partial charge in [-0.1, -0.05) is 11.2 Å². The monoisotopic (exact) mass is 271 g/mol. The van der Waals surface area contributed by atoms with Crippen molar-refractivity contribution in [3.8, 4) is 5.75 Å². The molecule has 102 valence electrons. The predicted molar refractivity (Wildman–Crippen MR) is 73.7 cm³/mol. The summed E-state index contributed by atoms with van der Waals surface area (Å²) >= 11 is 0. The predicted octanol–water partition coefficient (Wildman–Crippen LogP) is 2.29. The van der Waals surface area contributed by atoms with Crippen LogP contribution in [0.3, 0.4) is 0 Å². The first-order chi connectivity index (χ1) is 9.60. The van der Waals surface area contributed by atoms with E-state index in [1.807, 2.05) is 0 Å². The summed E-state index contributed by atoms with van der Waals surface area (Å²) in [5, 5.41) is 3.75. The number of carbonyl (C=O) groups excluding carboxylic acids is 2. The van der Waals surface area contributed by atoms with Crippen LogP contribution >= 0.6 is 0 Å². The van der Waals surface area contributed by atoms with Crippen molar-refractivity contribution in [1.29, 1.82) is 0 Å². The van der Waals surface area contributed by atoms with Crippen LogP contribution in [0.2, 0.25) is 0 Å². The molecule has 0 saturated carbocycles. The highest BCUT2D eigenvalue weighted by Gasteiger charge is 2.11. The molecule has 0 amide bonds. The summed E-state index contributed by atoms with van der Waals surface area (Å²) in [6.45, 7) is 1.72. The average Bonchev–Trinajstić information content (AvgIpc) is 2.46. The summed E-state index contributed by atoms with van der Waals surface area (Å²) in [7, 11) is 1.52. The number of ketones is 1. The number of oxime groups is 1. The maximum atomic E-state index is 11.8. The molecule has 0 N–H and O–H groups in total. The molecule has 0 saturated heterocycles. The number of ether oxygens (including phenoxy) is 1. The van der Waals surface area contributed by atoms with Crippen LogP contribution in [0.25, 0.3) is 0 Å². The number of hydrogen-bond donors (Lipinski definition) is 0. The molecule has 1 aromatic rings. The van der Waals surface area contributed by atoms with E-state index in [4.69, 9.17) is 9.57 Å². The van der Waals surface area contributed by atoms with Crippen molar-refractivity contribution in [2.24, 2.45) is 5.16 Å². The van der Waals surface area contributed by atoms with Crippen molar-refractivity contribution >= 4 is 17.5 Å². The third-order valence-corrected chi connectivity index (χ3v) is 2.70. The number of hydrogen-bond acceptors (Lipinski definition) is 5. The van der Waals surface area contributed by atoms with E-state index < -0.39 is 5.97 Å². The van der Waals surface area contributed by atoms with Crippen molar-refractivity contribution in [3.63, 3.8) is 0 Å². The van der Waals surface area contributed by atoms with Gasteiger partial charge in [0.2, 0.25) is 0 Å². The summed E-state index contributed by atoms with van der Waals surface area (Å²) in [6.07, 6.45) is 4.31. The zero-order valence-electron chi connectivity index (χ0n) is 11.1. The maximum absolute atomic E-state index is 11.8. The largest absolute Gasteiger partial charge is 0.497 e. The lowest BCUT2D eigenvalue weighted by atomic mass is 10.1. The van der Waals surface area contributed by atoms with E-state index in [0.29, 0.717) is 22.6 Å². The third kappa shape index (κ3) is 3.20. The Morgan fingerprint density at radius 1 is 1.25 bits per heavy atom. The Kier molecular flexibility index (Phi) is 4.10. The van der Waals surface area contributed by atoms with Gasteiger partial charge in [0, 0.05) is 0 Å². The minimum atomic E-state index is -0.588. The Bertz CT molecular complexity index is 641. The van der Waals surface area contributed by atoms with Crippen LogP contribution in [0.1, 0.15) is 17.3 Å². The first-order valence-corrected chi connectivity index (χ1v) is 5.94. The topological polar surface area (TPSA) is 65.0 Å². The highest BCUT2D eigenvalue weighted by molar-refractivity contribution is 6.19. The third-order valence-electron chi connectivity index (χ3n) is 2.70. The molecule has 0 atom stereocenters. The first kappa shape index (κ1) is 13.7. The molecule has 5 heteroatoms. The number of methoxy groups -OCH3 is 1. The Hall–Kier alpha value is -2.69. The molecule has 0 unspecified atom stereocenters. The van der Waals surface area contributed by atoms with Gasteiger partial charge in [-0.15, -0.1) is 0 Å². The Morgan fingerprint density at radius 2 is 2.05 bits per heavy atom. The molecule has 1 aliphatic carbocycles. The van der Waals surface area contributed by atoms with Gasteiger partial charge in [0.15, 0.2) is 5.78 Å². The standard InChI is InChI=1S/C15H13NO4/c1-10-8-12(17)6-7-14(10)16-20-15(18)11-4-3-5-13(9-11)19-2/h3-9H,1-2H3/b16-14-. The van der Waals surface area contributed by atoms with Gasteiger partial charge < -0.3 is 9.57 Å². The second kappa shape index (κ2) is 5.97. The van der Waals surface area contributed by atoms with Gasteiger partial charge in [-0.2, -0.15) is 0 Å². The van der Waals surface area contributed by atoms with Crippen molar-refractivity contribution in [2.75, 3.05) is 7.11 Å². The van der Waals surface area contributed by atoms with Crippen LogP contribution in [0.15, 0.2) is 53.2 Å². The Balaban J connectivity index is 2.10. The van der Waals surface area contributed by atoms with E-state index in [9.17, 15) is 9.59 Å². The van der Waals surface area contributed by atoms with Crippen LogP contribution in [0.4, 0.5) is 0 Å². The molecule has 0 aromatic heterocycles. The number of benzene rings is 1. The number of nitrogens with zero attached hydrogens (tertiary/aromatic N) is 1. The molecule has 20 heavy (non-hydrogen) atoms. The zero-order valence-corrected chi connectivity index (χ0v) is 11.1. The van der Waals surface area contributed by atoms with Gasteiger partial charge in [-0.05, 0) is 48.9 Å². The van der Waals surface area contributed by atoms with E-state index in [1.54, 1.807) is 31.2 Å². The molecule has 0 bridgehead atoms. The summed E-state index contributed by atoms with van der Waals surface area (Å²) in [4.78, 5) is 27.8. The molecule has 0 heterocycles. The molecular weight excluding hydrogens is 258 g/mol. The zero-order chi connectivity index (χ0) is 14.5. The minimum Gasteiger partial charge on any atom is -0.497 e. The van der Waals surface area contributed by atoms with E-state index in [0.717, 1.165) is 0 Å². The van der Waals surface area contributed by atoms with Crippen LogP contribution in [-0.2, 0) is 9.63 Å². The summed E-state index contributed by atoms with van der Waals surface area (Å²) in [6, 6.07) is 6.58. The van der Waals surface area contributed by atoms with Crippen molar-refractivity contribution in [2.45, 2.75) is 6.92 Å². The Morgan fingerprint density at radius 3 is 2.75 bits per heavy atom. The lowest BCUT2D eigenvalue weighted by Gasteiger charge is -2.05. The summed E-state index contributed by atoms with van der Waals surface area (Å²) in [5.74, 6) is -0.138. The van der Waals surface area contributed by atoms with E-state index in [1.165, 1.54) is 25.3 Å². The van der Waals surface area contributed by atoms with Crippen molar-refractivity contribution < 1.29 is 19.2 Å². The van der Waals surface area contributed by atoms with Crippen LogP contribution < -0.4 is 4.74 Å². The van der Waals surface area contributed by atoms with E-state index in [2.05, 4.69) is 5.16 Å². The van der Waals surface area contributed by atoms with Crippen molar-refractivity contribution in [3.05, 3.63) is 53.6 Å². The fourth-order valence-electron chi connectivity index (χ4n) is 1.62. The molecule has 0 aliphatic heterocycles. The van der Waals surface area contributed by atoms with E-state index >= 15 is 0 Å². The molecule has 0 fully saturated rings. The fourth-order valence-corrected chi connectivity index (χ4v) is 1.62. The molecule has 1 aromatic carbocycles. The smallest absolute Gasteiger partial charge is 0.365 e. The van der Waals surface area contributed by atoms with Crippen LogP contribution in [0, 0.1) is 0 Å². The number of rotatable bonds is 3. The van der Waals surface area contributed by atoms with E-state index in [-0.39, 0.29) is 5.78 Å². The molecular formula is C15H13NO4. The highest BCUT2D eigenvalue weighted by Crippen LogP contribution is 2.14. The van der Waals surface area contributed by atoms with Gasteiger partial charge in [-0.25, -0.2) is 4.79 Å². The summed E-state index contributed by atoms with van der Waals surface area (Å²) < 4.78 is 5.03. The number of carbonyl (C=O) groups is 2. The van der Waals surface area contributed by atoms with Crippen molar-refractivity contribution in [1.82, 2.24) is 0 Å². The maximum Gasteiger partial charge on any atom is 0.365 e. The van der Waals surface area contributed by atoms with Gasteiger partial charge >= 0.3 is 5.97 Å². The highest BCUT2D eigenvalue weighted by atomic mass is 16.7. The SMILES string of the molecule is COc1cccc(C(=O)O/N=C2/C=CC(=O)C=C2C)c1. The lowest BCUT2D eigenvalue weighted by molar-refractivity contribution is -0.110. The normalized spacial score (nSPS) is 16.0. The summed E-state index contributed by atoms with van der Waals surface area (Å²) in [5.41, 5.74) is 1.43. The van der Waals surface area contributed by atoms with Gasteiger partial charge in [0.05, 0.1) is 12.7 Å². The van der Waals surface area contributed by atoms with Gasteiger partial charge in [-0.3, -0.25) is 4.79 Å². The first-order valence-electron chi connectivity index (χ1n) is 5.94. The second-order valence-electron chi connectivity index (χ2n) is 4.15. The Labute approximate surface area is 116 Å². The quantitative estimate of drug-likeness (QED) is 0.480. The average molecular weight is 271 g/mol. The molecule has 0 radical (unpaired) electrons. The molecule has 0 spiro atoms. The van der Waals surface area contributed by atoms with Gasteiger partial charge in [0.1, 0.15) is 11.5 Å². The molecule has 1 aliphatic rings. The van der Waals surface area contributed by atoms with Crippen LogP contribution in [0.5, 0.6) is 5.75 Å². The molecule has 2 rings (SSSR count).